The van der Waals surface area contributed by atoms with E-state index in [0.29, 0.717) is 18.0 Å². The van der Waals surface area contributed by atoms with Crippen molar-refractivity contribution >= 4 is 10.9 Å². The van der Waals surface area contributed by atoms with Gasteiger partial charge in [0.25, 0.3) is 0 Å². The normalized spacial score (nSPS) is 32.5. The fourth-order valence-corrected chi connectivity index (χ4v) is 4.73. The Kier molecular flexibility index (Phi) is 2.88. The first kappa shape index (κ1) is 12.5. The van der Waals surface area contributed by atoms with Gasteiger partial charge in [0.1, 0.15) is 0 Å². The van der Waals surface area contributed by atoms with E-state index in [9.17, 15) is 0 Å². The minimum Gasteiger partial charge on any atom is -0.361 e. The number of aromatic nitrogens is 1. The average molecular weight is 268 g/mol. The Morgan fingerprint density at radius 3 is 2.80 bits per heavy atom. The third-order valence-electron chi connectivity index (χ3n) is 5.42. The van der Waals surface area contributed by atoms with Crippen molar-refractivity contribution in [2.45, 2.75) is 51.1 Å². The fraction of sp³-hybridized carbons (Fsp3) is 0.556. The quantitative estimate of drug-likeness (QED) is 0.863. The smallest absolute Gasteiger partial charge is 0.0456 e. The highest BCUT2D eigenvalue weighted by Gasteiger charge is 2.48. The van der Waals surface area contributed by atoms with E-state index in [0.717, 1.165) is 11.8 Å². The molecule has 2 heteroatoms. The van der Waals surface area contributed by atoms with E-state index < -0.39 is 0 Å². The van der Waals surface area contributed by atoms with Gasteiger partial charge in [-0.25, -0.2) is 0 Å². The molecule has 2 N–H and O–H groups in total. The molecule has 1 heterocycles. The highest BCUT2D eigenvalue weighted by molar-refractivity contribution is 5.83. The molecular weight excluding hydrogens is 244 g/mol. The summed E-state index contributed by atoms with van der Waals surface area (Å²) in [5.41, 5.74) is 2.83. The lowest BCUT2D eigenvalue weighted by molar-refractivity contribution is 0.295. The summed E-state index contributed by atoms with van der Waals surface area (Å²) in [6.07, 6.45) is 6.54. The van der Waals surface area contributed by atoms with Crippen molar-refractivity contribution in [1.29, 1.82) is 0 Å². The maximum absolute atomic E-state index is 3.86. The van der Waals surface area contributed by atoms with E-state index in [1.165, 1.54) is 30.2 Å². The summed E-state index contributed by atoms with van der Waals surface area (Å²) in [5, 5.41) is 5.29. The topological polar surface area (TPSA) is 27.8 Å². The Hall–Kier alpha value is -1.28. The van der Waals surface area contributed by atoms with Crippen LogP contribution in [-0.2, 0) is 0 Å². The first-order chi connectivity index (χ1) is 9.74. The lowest BCUT2D eigenvalue weighted by Gasteiger charge is -2.33. The van der Waals surface area contributed by atoms with Crippen LogP contribution in [0.1, 0.15) is 44.6 Å². The lowest BCUT2D eigenvalue weighted by atomic mass is 9.79. The summed E-state index contributed by atoms with van der Waals surface area (Å²) in [7, 11) is 0. The Bertz CT molecular complexity index is 613. The molecule has 1 aromatic heterocycles. The van der Waals surface area contributed by atoms with E-state index in [4.69, 9.17) is 0 Å². The second-order valence-corrected chi connectivity index (χ2v) is 7.00. The molecule has 0 amide bonds. The predicted molar refractivity (Wildman–Crippen MR) is 83.9 cm³/mol. The molecule has 20 heavy (non-hydrogen) atoms. The number of nitrogens with one attached hydrogen (secondary N) is 2. The molecule has 106 valence electrons. The van der Waals surface area contributed by atoms with Crippen LogP contribution in [0.3, 0.4) is 0 Å². The van der Waals surface area contributed by atoms with E-state index >= 15 is 0 Å². The van der Waals surface area contributed by atoms with Gasteiger partial charge in [0, 0.05) is 35.1 Å². The van der Waals surface area contributed by atoms with Crippen LogP contribution in [0.5, 0.6) is 0 Å². The summed E-state index contributed by atoms with van der Waals surface area (Å²) >= 11 is 0. The molecule has 2 aliphatic carbocycles. The minimum atomic E-state index is 0.576. The first-order valence-electron chi connectivity index (χ1n) is 8.06. The van der Waals surface area contributed by atoms with Crippen LogP contribution >= 0.6 is 0 Å². The third kappa shape index (κ3) is 1.81. The van der Waals surface area contributed by atoms with E-state index in [2.05, 4.69) is 54.6 Å². The fourth-order valence-electron chi connectivity index (χ4n) is 4.73. The average Bonchev–Trinajstić information content (AvgIpc) is 3.11. The molecule has 0 radical (unpaired) electrons. The number of hydrogen-bond donors (Lipinski definition) is 2. The van der Waals surface area contributed by atoms with Crippen molar-refractivity contribution < 1.29 is 0 Å². The molecular formula is C18H24N2. The number of para-hydroxylation sites is 1. The van der Waals surface area contributed by atoms with Gasteiger partial charge < -0.3 is 10.3 Å². The zero-order valence-electron chi connectivity index (χ0n) is 12.4. The zero-order chi connectivity index (χ0) is 13.7. The number of fused-ring (bicyclic) bond motifs is 3. The zero-order valence-corrected chi connectivity index (χ0v) is 12.4. The van der Waals surface area contributed by atoms with Crippen LogP contribution in [0.2, 0.25) is 0 Å². The summed E-state index contributed by atoms with van der Waals surface area (Å²) in [5.74, 6) is 2.48. The van der Waals surface area contributed by atoms with Crippen molar-refractivity contribution in [3.05, 3.63) is 36.0 Å². The van der Waals surface area contributed by atoms with E-state index in [1.807, 2.05) is 0 Å². The molecule has 0 saturated heterocycles. The van der Waals surface area contributed by atoms with Gasteiger partial charge in [-0.05, 0) is 42.7 Å². The Morgan fingerprint density at radius 1 is 1.15 bits per heavy atom. The number of rotatable bonds is 3. The van der Waals surface area contributed by atoms with Gasteiger partial charge in [-0.2, -0.15) is 0 Å². The Labute approximate surface area is 121 Å². The van der Waals surface area contributed by atoms with Crippen LogP contribution in [0.15, 0.2) is 30.5 Å². The van der Waals surface area contributed by atoms with Crippen molar-refractivity contribution in [3.63, 3.8) is 0 Å². The summed E-state index contributed by atoms with van der Waals surface area (Å²) in [6, 6.07) is 10.0. The largest absolute Gasteiger partial charge is 0.361 e. The monoisotopic (exact) mass is 268 g/mol. The summed E-state index contributed by atoms with van der Waals surface area (Å²) in [4.78, 5) is 3.47. The van der Waals surface area contributed by atoms with Crippen LogP contribution in [0.25, 0.3) is 10.9 Å². The summed E-state index contributed by atoms with van der Waals surface area (Å²) in [6.45, 7) is 4.55. The molecule has 2 aromatic rings. The van der Waals surface area contributed by atoms with Gasteiger partial charge >= 0.3 is 0 Å². The molecule has 4 rings (SSSR count). The highest BCUT2D eigenvalue weighted by Crippen LogP contribution is 2.54. The van der Waals surface area contributed by atoms with Crippen molar-refractivity contribution in [1.82, 2.24) is 10.3 Å². The molecule has 0 aliphatic heterocycles. The van der Waals surface area contributed by atoms with Gasteiger partial charge in [-0.15, -0.1) is 0 Å². The van der Waals surface area contributed by atoms with E-state index in [-0.39, 0.29) is 0 Å². The molecule has 0 unspecified atom stereocenters. The Balaban J connectivity index is 1.75. The molecule has 0 spiro atoms. The lowest BCUT2D eigenvalue weighted by Crippen LogP contribution is -2.42. The maximum Gasteiger partial charge on any atom is 0.0456 e. The number of H-pyrrole nitrogens is 1. The van der Waals surface area contributed by atoms with Crippen LogP contribution in [0, 0.1) is 11.8 Å². The van der Waals surface area contributed by atoms with Crippen molar-refractivity contribution in [3.8, 4) is 0 Å². The standard InChI is InChI=1S/C18H24N2/c1-11(2)20-18-13-8-7-12(9-13)17(18)15-10-19-16-6-4-3-5-14(15)16/h3-6,10-13,17-20H,7-9H2,1-2H3/t12-,13+,17+,18-/m1/s1. The molecule has 2 bridgehead atoms. The molecule has 2 nitrogen and oxygen atoms in total. The molecule has 4 atom stereocenters. The number of hydrogen-bond acceptors (Lipinski definition) is 1. The predicted octanol–water partition coefficient (Wildman–Crippen LogP) is 4.05. The van der Waals surface area contributed by atoms with Crippen molar-refractivity contribution in [2.24, 2.45) is 11.8 Å². The van der Waals surface area contributed by atoms with Gasteiger partial charge in [-0.1, -0.05) is 32.0 Å². The van der Waals surface area contributed by atoms with Crippen LogP contribution < -0.4 is 5.32 Å². The molecule has 2 aliphatic rings. The van der Waals surface area contributed by atoms with E-state index in [1.54, 1.807) is 5.56 Å². The van der Waals surface area contributed by atoms with Gasteiger partial charge in [0.2, 0.25) is 0 Å². The molecule has 2 saturated carbocycles. The first-order valence-corrected chi connectivity index (χ1v) is 8.06. The molecule has 2 fully saturated rings. The second kappa shape index (κ2) is 4.63. The van der Waals surface area contributed by atoms with Gasteiger partial charge in [0.05, 0.1) is 0 Å². The highest BCUT2D eigenvalue weighted by atomic mass is 15.0. The van der Waals surface area contributed by atoms with Crippen LogP contribution in [-0.4, -0.2) is 17.1 Å². The second-order valence-electron chi connectivity index (χ2n) is 7.00. The SMILES string of the molecule is CC(C)N[C@@H]1[C@H]2CC[C@H](C2)[C@H]1c1c[nH]c2ccccc12. The van der Waals surface area contributed by atoms with Gasteiger partial charge in [-0.3, -0.25) is 0 Å². The third-order valence-corrected chi connectivity index (χ3v) is 5.42. The van der Waals surface area contributed by atoms with Gasteiger partial charge in [0.15, 0.2) is 0 Å². The number of aromatic amines is 1. The Morgan fingerprint density at radius 2 is 1.95 bits per heavy atom. The van der Waals surface area contributed by atoms with Crippen LogP contribution in [0.4, 0.5) is 0 Å². The minimum absolute atomic E-state index is 0.576. The summed E-state index contributed by atoms with van der Waals surface area (Å²) < 4.78 is 0. The number of benzene rings is 1. The van der Waals surface area contributed by atoms with Crippen molar-refractivity contribution in [2.75, 3.05) is 0 Å². The maximum atomic E-state index is 3.86. The molecule has 1 aromatic carbocycles.